The molecule has 0 aromatic carbocycles. The molecule has 0 saturated carbocycles. The molecule has 13 heavy (non-hydrogen) atoms. The first kappa shape index (κ1) is 12.3. The van der Waals surface area contributed by atoms with Crippen LogP contribution in [0.2, 0.25) is 19.6 Å². The molecule has 0 unspecified atom stereocenters. The molecule has 0 heterocycles. The van der Waals surface area contributed by atoms with E-state index < -0.39 is 25.1 Å². The van der Waals surface area contributed by atoms with Gasteiger partial charge in [-0.3, -0.25) is 5.21 Å². The molecule has 78 valence electrons. The fourth-order valence-electron chi connectivity index (χ4n) is 0.421. The van der Waals surface area contributed by atoms with Crippen molar-refractivity contribution in [2.75, 3.05) is 0 Å². The number of hydrogen-bond acceptors (Lipinski definition) is 2. The predicted octanol–water partition coefficient (Wildman–Crippen LogP) is 2.29. The van der Waals surface area contributed by atoms with Crippen molar-refractivity contribution in [2.45, 2.75) is 32.7 Å². The molecule has 0 aliphatic heterocycles. The van der Waals surface area contributed by atoms with Crippen LogP contribution in [0.25, 0.3) is 0 Å². The van der Waals surface area contributed by atoms with E-state index in [2.05, 4.69) is 4.53 Å². The van der Waals surface area contributed by atoms with Crippen molar-refractivity contribution in [3.8, 4) is 0 Å². The number of hydrogen-bond donors (Lipinski definition) is 0. The summed E-state index contributed by atoms with van der Waals surface area (Å²) < 4.78 is 40.4. The molecular weight excluding hydrogens is 203 g/mol. The first-order chi connectivity index (χ1) is 5.54. The minimum atomic E-state index is -4.62. The van der Waals surface area contributed by atoms with Crippen molar-refractivity contribution in [1.29, 1.82) is 0 Å². The Balaban J connectivity index is 4.65. The molecule has 0 atom stereocenters. The minimum absolute atomic E-state index is 0.438. The molecule has 0 fully saturated rings. The topological polar surface area (TPSA) is 35.3 Å². The predicted molar refractivity (Wildman–Crippen MR) is 44.8 cm³/mol. The third kappa shape index (κ3) is 4.76. The van der Waals surface area contributed by atoms with E-state index in [1.54, 1.807) is 19.6 Å². The standard InChI is InChI=1S/C6H12F3NO2Si/c1-5(6(7,8)9)10(11)12-13(2,3)4/h1-4H3/b10-5+. The molecular formula is C6H12F3NO2Si. The monoisotopic (exact) mass is 215 g/mol. The molecule has 0 rings (SSSR count). The van der Waals surface area contributed by atoms with Crippen LogP contribution in [-0.4, -0.2) is 25.1 Å². The Bertz CT molecular complexity index is 219. The van der Waals surface area contributed by atoms with Crippen molar-refractivity contribution in [2.24, 2.45) is 0 Å². The zero-order chi connectivity index (χ0) is 10.9. The second kappa shape index (κ2) is 3.57. The van der Waals surface area contributed by atoms with E-state index in [4.69, 9.17) is 0 Å². The lowest BCUT2D eigenvalue weighted by Crippen LogP contribution is -2.36. The van der Waals surface area contributed by atoms with Gasteiger partial charge in [0, 0.05) is 11.8 Å². The van der Waals surface area contributed by atoms with E-state index >= 15 is 0 Å². The van der Waals surface area contributed by atoms with Crippen molar-refractivity contribution in [3.05, 3.63) is 5.21 Å². The summed E-state index contributed by atoms with van der Waals surface area (Å²) in [5.74, 6) is 0. The molecule has 0 saturated heterocycles. The van der Waals surface area contributed by atoms with Gasteiger partial charge in [0.1, 0.15) is 0 Å². The molecule has 0 aromatic rings. The Hall–Kier alpha value is -0.723. The van der Waals surface area contributed by atoms with E-state index in [-0.39, 0.29) is 0 Å². The van der Waals surface area contributed by atoms with Crippen LogP contribution in [0.3, 0.4) is 0 Å². The van der Waals surface area contributed by atoms with Gasteiger partial charge in [0.15, 0.2) is 8.32 Å². The van der Waals surface area contributed by atoms with E-state index in [1.807, 2.05) is 0 Å². The number of nitrogens with zero attached hydrogens (tertiary/aromatic N) is 1. The lowest BCUT2D eigenvalue weighted by atomic mass is 10.4. The molecule has 0 amide bonds. The highest BCUT2D eigenvalue weighted by Crippen LogP contribution is 2.17. The summed E-state index contributed by atoms with van der Waals surface area (Å²) in [6, 6.07) is 0. The second-order valence-electron chi connectivity index (χ2n) is 3.54. The molecule has 7 heteroatoms. The molecule has 0 N–H and O–H groups in total. The molecule has 0 radical (unpaired) electrons. The van der Waals surface area contributed by atoms with Crippen LogP contribution in [0, 0.1) is 5.21 Å². The maximum absolute atomic E-state index is 11.9. The average molecular weight is 215 g/mol. The number of alkyl halides is 3. The Labute approximate surface area is 75.5 Å². The first-order valence-corrected chi connectivity index (χ1v) is 7.02. The lowest BCUT2D eigenvalue weighted by molar-refractivity contribution is -0.707. The summed E-state index contributed by atoms with van der Waals surface area (Å²) >= 11 is 0. The maximum Gasteiger partial charge on any atom is 0.478 e. The molecule has 0 spiro atoms. The Morgan fingerprint density at radius 1 is 1.31 bits per heavy atom. The van der Waals surface area contributed by atoms with Gasteiger partial charge in [-0.05, 0) is 0 Å². The van der Waals surface area contributed by atoms with Gasteiger partial charge in [0.25, 0.3) is 0 Å². The summed E-state index contributed by atoms with van der Waals surface area (Å²) in [7, 11) is -2.27. The minimum Gasteiger partial charge on any atom is -0.443 e. The van der Waals surface area contributed by atoms with Crippen LogP contribution in [-0.2, 0) is 4.53 Å². The largest absolute Gasteiger partial charge is 0.478 e. The summed E-state index contributed by atoms with van der Waals surface area (Å²) in [6.45, 7) is 5.57. The summed E-state index contributed by atoms with van der Waals surface area (Å²) in [5, 5.41) is 10.8. The van der Waals surface area contributed by atoms with E-state index in [1.165, 1.54) is 0 Å². The zero-order valence-corrected chi connectivity index (χ0v) is 8.90. The van der Waals surface area contributed by atoms with Gasteiger partial charge >= 0.3 is 11.9 Å². The van der Waals surface area contributed by atoms with Gasteiger partial charge < -0.3 is 4.53 Å². The highest BCUT2D eigenvalue weighted by atomic mass is 28.4. The summed E-state index contributed by atoms with van der Waals surface area (Å²) in [4.78, 5) is -0.438. The van der Waals surface area contributed by atoms with Crippen LogP contribution >= 0.6 is 0 Å². The highest BCUT2D eigenvalue weighted by molar-refractivity contribution is 6.69. The maximum atomic E-state index is 11.9. The van der Waals surface area contributed by atoms with Gasteiger partial charge in [0.2, 0.25) is 0 Å². The van der Waals surface area contributed by atoms with Gasteiger partial charge in [-0.1, -0.05) is 19.6 Å². The van der Waals surface area contributed by atoms with Crippen LogP contribution < -0.4 is 0 Å². The van der Waals surface area contributed by atoms with E-state index in [0.29, 0.717) is 6.92 Å². The number of rotatable bonds is 2. The molecule has 3 nitrogen and oxygen atoms in total. The van der Waals surface area contributed by atoms with Crippen molar-refractivity contribution in [1.82, 2.24) is 0 Å². The van der Waals surface area contributed by atoms with Crippen LogP contribution in [0.15, 0.2) is 0 Å². The third-order valence-corrected chi connectivity index (χ3v) is 1.75. The van der Waals surface area contributed by atoms with Crippen molar-refractivity contribution >= 4 is 14.0 Å². The van der Waals surface area contributed by atoms with Gasteiger partial charge in [0.05, 0.1) is 0 Å². The second-order valence-corrected chi connectivity index (χ2v) is 7.95. The Kier molecular flexibility index (Phi) is 3.37. The average Bonchev–Trinajstić information content (AvgIpc) is 1.79. The van der Waals surface area contributed by atoms with Crippen molar-refractivity contribution in [3.63, 3.8) is 0 Å². The van der Waals surface area contributed by atoms with E-state index in [9.17, 15) is 18.4 Å². The quantitative estimate of drug-likeness (QED) is 0.306. The Morgan fingerprint density at radius 2 is 1.69 bits per heavy atom. The molecule has 0 aliphatic rings. The smallest absolute Gasteiger partial charge is 0.443 e. The Morgan fingerprint density at radius 3 is 1.92 bits per heavy atom. The normalized spacial score (nSPS) is 15.3. The van der Waals surface area contributed by atoms with Crippen LogP contribution in [0.4, 0.5) is 13.2 Å². The number of halogens is 3. The molecule has 0 bridgehead atoms. The fraction of sp³-hybridized carbons (Fsp3) is 0.833. The SMILES string of the molecule is C/C(=[N+](/[O-])O[Si](C)(C)C)C(F)(F)F. The van der Waals surface area contributed by atoms with Crippen molar-refractivity contribution < 1.29 is 22.6 Å². The van der Waals surface area contributed by atoms with E-state index in [0.717, 1.165) is 0 Å². The highest BCUT2D eigenvalue weighted by Gasteiger charge is 2.41. The molecule has 0 aliphatic carbocycles. The third-order valence-electron chi connectivity index (χ3n) is 1.04. The summed E-state index contributed by atoms with van der Waals surface area (Å²) in [5.41, 5.74) is -1.28. The summed E-state index contributed by atoms with van der Waals surface area (Å²) in [6.07, 6.45) is -4.62. The fourth-order valence-corrected chi connectivity index (χ4v) is 1.06. The first-order valence-electron chi connectivity index (χ1n) is 3.61. The zero-order valence-electron chi connectivity index (χ0n) is 7.90. The lowest BCUT2D eigenvalue weighted by Gasteiger charge is -2.20. The molecule has 0 aromatic heterocycles. The van der Waals surface area contributed by atoms with Crippen LogP contribution in [0.5, 0.6) is 0 Å². The van der Waals surface area contributed by atoms with Gasteiger partial charge in [-0.15, -0.1) is 0 Å². The van der Waals surface area contributed by atoms with Gasteiger partial charge in [-0.25, -0.2) is 0 Å². The van der Waals surface area contributed by atoms with Crippen LogP contribution in [0.1, 0.15) is 6.92 Å². The van der Waals surface area contributed by atoms with Gasteiger partial charge in [-0.2, -0.15) is 13.2 Å².